The van der Waals surface area contributed by atoms with Crippen LogP contribution >= 0.6 is 0 Å². The van der Waals surface area contributed by atoms with Crippen LogP contribution in [0.1, 0.15) is 43.5 Å². The van der Waals surface area contributed by atoms with Gasteiger partial charge in [-0.25, -0.2) is 0 Å². The third-order valence-corrected chi connectivity index (χ3v) is 2.99. The lowest BCUT2D eigenvalue weighted by molar-refractivity contribution is -0.116. The quantitative estimate of drug-likeness (QED) is 0.909. The fraction of sp³-hybridized carbons (Fsp3) is 0.400. The summed E-state index contributed by atoms with van der Waals surface area (Å²) in [7, 11) is 0. The van der Waals surface area contributed by atoms with Crippen LogP contribution in [-0.2, 0) is 11.2 Å². The summed E-state index contributed by atoms with van der Waals surface area (Å²) in [5.74, 6) is 1.44. The Morgan fingerprint density at radius 2 is 1.95 bits per heavy atom. The molecular formula is C15H19N3O2. The van der Waals surface area contributed by atoms with Crippen molar-refractivity contribution in [3.8, 4) is 0 Å². The number of nitrogens with zero attached hydrogens (tertiary/aromatic N) is 2. The van der Waals surface area contributed by atoms with E-state index < -0.39 is 0 Å². The summed E-state index contributed by atoms with van der Waals surface area (Å²) in [6.07, 6.45) is 0.782. The summed E-state index contributed by atoms with van der Waals surface area (Å²) in [4.78, 5) is 11.8. The van der Waals surface area contributed by atoms with E-state index in [1.165, 1.54) is 5.56 Å². The summed E-state index contributed by atoms with van der Waals surface area (Å²) in [6.45, 7) is 6.01. The summed E-state index contributed by atoms with van der Waals surface area (Å²) in [5.41, 5.74) is 2.06. The standard InChI is InChI=1S/C15H19N3O2/c1-10(2)12-4-6-13(7-5-12)16-14(19)8-9-15-18-17-11(3)20-15/h4-7,10H,8-9H2,1-3H3,(H,16,19). The average molecular weight is 273 g/mol. The van der Waals surface area contributed by atoms with Crippen LogP contribution in [0, 0.1) is 6.92 Å². The third-order valence-electron chi connectivity index (χ3n) is 2.99. The van der Waals surface area contributed by atoms with Gasteiger partial charge in [-0.2, -0.15) is 0 Å². The predicted molar refractivity (Wildman–Crippen MR) is 76.5 cm³/mol. The van der Waals surface area contributed by atoms with Crippen molar-refractivity contribution >= 4 is 11.6 Å². The van der Waals surface area contributed by atoms with E-state index in [1.54, 1.807) is 6.92 Å². The van der Waals surface area contributed by atoms with E-state index in [1.807, 2.05) is 24.3 Å². The fourth-order valence-corrected chi connectivity index (χ4v) is 1.83. The van der Waals surface area contributed by atoms with Crippen LogP contribution < -0.4 is 5.32 Å². The molecule has 106 valence electrons. The third kappa shape index (κ3) is 3.91. The summed E-state index contributed by atoms with van der Waals surface area (Å²) < 4.78 is 5.22. The maximum absolute atomic E-state index is 11.8. The monoisotopic (exact) mass is 273 g/mol. The number of hydrogen-bond donors (Lipinski definition) is 1. The van der Waals surface area contributed by atoms with Crippen LogP contribution in [-0.4, -0.2) is 16.1 Å². The van der Waals surface area contributed by atoms with Crippen LogP contribution in [0.25, 0.3) is 0 Å². The van der Waals surface area contributed by atoms with Gasteiger partial charge >= 0.3 is 0 Å². The molecule has 0 atom stereocenters. The van der Waals surface area contributed by atoms with Gasteiger partial charge in [-0.3, -0.25) is 4.79 Å². The fourth-order valence-electron chi connectivity index (χ4n) is 1.83. The number of aryl methyl sites for hydroxylation is 2. The Bertz CT molecular complexity index is 573. The van der Waals surface area contributed by atoms with Crippen LogP contribution in [0.15, 0.2) is 28.7 Å². The molecule has 2 aromatic rings. The molecule has 0 saturated heterocycles. The summed E-state index contributed by atoms with van der Waals surface area (Å²) in [5, 5.41) is 10.4. The van der Waals surface area contributed by atoms with Gasteiger partial charge in [0.1, 0.15) is 0 Å². The van der Waals surface area contributed by atoms with Crippen LogP contribution in [0.5, 0.6) is 0 Å². The van der Waals surface area contributed by atoms with Gasteiger partial charge in [0.2, 0.25) is 17.7 Å². The van der Waals surface area contributed by atoms with Gasteiger partial charge < -0.3 is 9.73 Å². The van der Waals surface area contributed by atoms with Gasteiger partial charge in [-0.05, 0) is 23.6 Å². The largest absolute Gasteiger partial charge is 0.426 e. The molecule has 0 spiro atoms. The number of rotatable bonds is 5. The van der Waals surface area contributed by atoms with E-state index in [2.05, 4.69) is 29.4 Å². The second-order valence-corrected chi connectivity index (χ2v) is 5.04. The first-order chi connectivity index (χ1) is 9.54. The van der Waals surface area contributed by atoms with Gasteiger partial charge in [0.15, 0.2) is 0 Å². The molecule has 20 heavy (non-hydrogen) atoms. The molecule has 0 saturated carbocycles. The molecule has 1 heterocycles. The molecule has 5 nitrogen and oxygen atoms in total. The molecular weight excluding hydrogens is 254 g/mol. The van der Waals surface area contributed by atoms with E-state index in [0.29, 0.717) is 30.5 Å². The molecule has 1 aromatic carbocycles. The average Bonchev–Trinajstić information content (AvgIpc) is 2.83. The Hall–Kier alpha value is -2.17. The first kappa shape index (κ1) is 14.2. The first-order valence-electron chi connectivity index (χ1n) is 6.73. The van der Waals surface area contributed by atoms with E-state index in [9.17, 15) is 4.79 Å². The number of nitrogens with one attached hydrogen (secondary N) is 1. The molecule has 0 aliphatic carbocycles. The minimum absolute atomic E-state index is 0.0573. The molecule has 0 unspecified atom stereocenters. The Morgan fingerprint density at radius 3 is 2.50 bits per heavy atom. The zero-order chi connectivity index (χ0) is 14.5. The number of benzene rings is 1. The Morgan fingerprint density at radius 1 is 1.25 bits per heavy atom. The Kier molecular flexibility index (Phi) is 4.50. The molecule has 0 aliphatic heterocycles. The summed E-state index contributed by atoms with van der Waals surface area (Å²) in [6, 6.07) is 7.90. The highest BCUT2D eigenvalue weighted by Gasteiger charge is 2.07. The molecule has 0 aliphatic rings. The predicted octanol–water partition coefficient (Wildman–Crippen LogP) is 3.07. The van der Waals surface area contributed by atoms with Crippen LogP contribution in [0.4, 0.5) is 5.69 Å². The smallest absolute Gasteiger partial charge is 0.224 e. The zero-order valence-corrected chi connectivity index (χ0v) is 12.0. The van der Waals surface area contributed by atoms with Gasteiger partial charge in [0.05, 0.1) is 0 Å². The number of aromatic nitrogens is 2. The van der Waals surface area contributed by atoms with E-state index in [-0.39, 0.29) is 5.91 Å². The maximum atomic E-state index is 11.8. The molecule has 1 aromatic heterocycles. The van der Waals surface area contributed by atoms with Gasteiger partial charge in [0.25, 0.3) is 0 Å². The van der Waals surface area contributed by atoms with Crippen molar-refractivity contribution in [1.29, 1.82) is 0 Å². The highest BCUT2D eigenvalue weighted by Crippen LogP contribution is 2.17. The van der Waals surface area contributed by atoms with Crippen molar-refractivity contribution in [2.75, 3.05) is 5.32 Å². The lowest BCUT2D eigenvalue weighted by Gasteiger charge is -2.08. The zero-order valence-electron chi connectivity index (χ0n) is 12.0. The molecule has 0 fully saturated rings. The molecule has 0 radical (unpaired) electrons. The highest BCUT2D eigenvalue weighted by atomic mass is 16.4. The number of carbonyl (C=O) groups excluding carboxylic acids is 1. The van der Waals surface area contributed by atoms with Crippen molar-refractivity contribution in [2.45, 2.75) is 39.5 Å². The topological polar surface area (TPSA) is 68.0 Å². The molecule has 1 N–H and O–H groups in total. The van der Waals surface area contributed by atoms with Crippen molar-refractivity contribution < 1.29 is 9.21 Å². The van der Waals surface area contributed by atoms with Crippen molar-refractivity contribution in [3.63, 3.8) is 0 Å². The van der Waals surface area contributed by atoms with Crippen molar-refractivity contribution in [2.24, 2.45) is 0 Å². The first-order valence-corrected chi connectivity index (χ1v) is 6.73. The van der Waals surface area contributed by atoms with Gasteiger partial charge in [-0.1, -0.05) is 26.0 Å². The van der Waals surface area contributed by atoms with E-state index in [4.69, 9.17) is 4.42 Å². The molecule has 5 heteroatoms. The second-order valence-electron chi connectivity index (χ2n) is 5.04. The summed E-state index contributed by atoms with van der Waals surface area (Å²) >= 11 is 0. The lowest BCUT2D eigenvalue weighted by Crippen LogP contribution is -2.12. The van der Waals surface area contributed by atoms with Gasteiger partial charge in [-0.15, -0.1) is 10.2 Å². The maximum Gasteiger partial charge on any atom is 0.224 e. The lowest BCUT2D eigenvalue weighted by atomic mass is 10.0. The minimum Gasteiger partial charge on any atom is -0.426 e. The number of hydrogen-bond acceptors (Lipinski definition) is 4. The van der Waals surface area contributed by atoms with Crippen molar-refractivity contribution in [3.05, 3.63) is 41.6 Å². The number of carbonyl (C=O) groups is 1. The van der Waals surface area contributed by atoms with E-state index in [0.717, 1.165) is 5.69 Å². The number of amides is 1. The van der Waals surface area contributed by atoms with Crippen LogP contribution in [0.3, 0.4) is 0 Å². The van der Waals surface area contributed by atoms with E-state index >= 15 is 0 Å². The Balaban J connectivity index is 1.84. The highest BCUT2D eigenvalue weighted by molar-refractivity contribution is 5.90. The van der Waals surface area contributed by atoms with Crippen molar-refractivity contribution in [1.82, 2.24) is 10.2 Å². The molecule has 2 rings (SSSR count). The molecule has 1 amide bonds. The normalized spacial score (nSPS) is 10.8. The number of anilines is 1. The van der Waals surface area contributed by atoms with Crippen LogP contribution in [0.2, 0.25) is 0 Å². The second kappa shape index (κ2) is 6.32. The minimum atomic E-state index is -0.0573. The molecule has 0 bridgehead atoms. The Labute approximate surface area is 118 Å². The SMILES string of the molecule is Cc1nnc(CCC(=O)Nc2ccc(C(C)C)cc2)o1. The van der Waals surface area contributed by atoms with Gasteiger partial charge in [0, 0.05) is 25.5 Å².